The van der Waals surface area contributed by atoms with Gasteiger partial charge in [-0.3, -0.25) is 0 Å². The number of nitrogens with zero attached hydrogens (tertiary/aromatic N) is 2. The molecule has 0 radical (unpaired) electrons. The molecule has 0 amide bonds. The van der Waals surface area contributed by atoms with Crippen molar-refractivity contribution < 1.29 is 0 Å². The molecule has 0 saturated carbocycles. The lowest BCUT2D eigenvalue weighted by molar-refractivity contribution is 0.828. The van der Waals surface area contributed by atoms with Crippen LogP contribution < -0.4 is 11.1 Å². The normalized spacial score (nSPS) is 11.0. The van der Waals surface area contributed by atoms with Crippen LogP contribution in [0.25, 0.3) is 0 Å². The zero-order valence-electron chi connectivity index (χ0n) is 9.20. The number of nitrogens with two attached hydrogens (primary N) is 1. The molecule has 0 spiro atoms. The van der Waals surface area contributed by atoms with Crippen molar-refractivity contribution in [2.24, 2.45) is 0 Å². The van der Waals surface area contributed by atoms with Crippen LogP contribution >= 0.6 is 0 Å². The van der Waals surface area contributed by atoms with Crippen molar-refractivity contribution in [3.8, 4) is 0 Å². The van der Waals surface area contributed by atoms with Crippen LogP contribution in [-0.2, 0) is 0 Å². The van der Waals surface area contributed by atoms with Gasteiger partial charge in [-0.2, -0.15) is 0 Å². The summed E-state index contributed by atoms with van der Waals surface area (Å²) in [4.78, 5) is 8.19. The second kappa shape index (κ2) is 4.26. The molecule has 0 aromatic carbocycles. The second-order valence-electron chi connectivity index (χ2n) is 3.97. The van der Waals surface area contributed by atoms with E-state index in [1.54, 1.807) is 0 Å². The summed E-state index contributed by atoms with van der Waals surface area (Å²) in [5.41, 5.74) is 6.81. The van der Waals surface area contributed by atoms with Crippen LogP contribution in [0.4, 0.5) is 11.6 Å². The summed E-state index contributed by atoms with van der Waals surface area (Å²) in [6.45, 7) is 8.31. The lowest BCUT2D eigenvalue weighted by Gasteiger charge is -2.16. The Morgan fingerprint density at radius 3 is 2.36 bits per heavy atom. The van der Waals surface area contributed by atoms with Crippen molar-refractivity contribution in [1.82, 2.24) is 9.97 Å². The Hall–Kier alpha value is -1.32. The van der Waals surface area contributed by atoms with Crippen molar-refractivity contribution in [1.29, 1.82) is 0 Å². The highest BCUT2D eigenvalue weighted by molar-refractivity contribution is 5.56. The average Bonchev–Trinajstić information content (AvgIpc) is 2.01. The predicted molar refractivity (Wildman–Crippen MR) is 59.3 cm³/mol. The van der Waals surface area contributed by atoms with Crippen LogP contribution in [0.2, 0.25) is 0 Å². The standard InChI is InChI=1S/C10H18N4/c1-6(2)8-9(11)12-5-13-10(8)14-7(3)4/h5-7H,1-4H3,(H3,11,12,13,14). The highest BCUT2D eigenvalue weighted by Gasteiger charge is 2.12. The molecule has 14 heavy (non-hydrogen) atoms. The highest BCUT2D eigenvalue weighted by atomic mass is 15.0. The molecule has 0 fully saturated rings. The summed E-state index contributed by atoms with van der Waals surface area (Å²) in [6.07, 6.45) is 1.49. The summed E-state index contributed by atoms with van der Waals surface area (Å²) in [5, 5.41) is 3.26. The third kappa shape index (κ3) is 2.34. The largest absolute Gasteiger partial charge is 0.383 e. The Kier molecular flexibility index (Phi) is 3.28. The smallest absolute Gasteiger partial charge is 0.135 e. The fourth-order valence-corrected chi connectivity index (χ4v) is 1.37. The number of nitrogens with one attached hydrogen (secondary N) is 1. The first-order valence-electron chi connectivity index (χ1n) is 4.89. The minimum absolute atomic E-state index is 0.331. The van der Waals surface area contributed by atoms with Crippen molar-refractivity contribution in [2.45, 2.75) is 39.7 Å². The molecule has 78 valence electrons. The zero-order chi connectivity index (χ0) is 10.7. The van der Waals surface area contributed by atoms with E-state index in [2.05, 4.69) is 43.0 Å². The summed E-state index contributed by atoms with van der Waals surface area (Å²) in [5.74, 6) is 1.75. The van der Waals surface area contributed by atoms with Crippen LogP contribution in [0, 0.1) is 0 Å². The molecule has 0 aliphatic heterocycles. The van der Waals surface area contributed by atoms with Crippen LogP contribution in [0.1, 0.15) is 39.2 Å². The monoisotopic (exact) mass is 194 g/mol. The van der Waals surface area contributed by atoms with Gasteiger partial charge in [0.05, 0.1) is 0 Å². The molecular formula is C10H18N4. The SMILES string of the molecule is CC(C)Nc1ncnc(N)c1C(C)C. The molecule has 1 heterocycles. The Morgan fingerprint density at radius 2 is 1.86 bits per heavy atom. The quantitative estimate of drug-likeness (QED) is 0.772. The Bertz CT molecular complexity index is 307. The third-order valence-corrected chi connectivity index (χ3v) is 1.92. The number of anilines is 2. The Balaban J connectivity index is 3.08. The van der Waals surface area contributed by atoms with Gasteiger partial charge in [-0.25, -0.2) is 9.97 Å². The maximum Gasteiger partial charge on any atom is 0.135 e. The van der Waals surface area contributed by atoms with Gasteiger partial charge in [0.15, 0.2) is 0 Å². The molecule has 1 aromatic heterocycles. The van der Waals surface area contributed by atoms with Crippen molar-refractivity contribution in [2.75, 3.05) is 11.1 Å². The lowest BCUT2D eigenvalue weighted by Crippen LogP contribution is -2.15. The number of hydrogen-bond donors (Lipinski definition) is 2. The van der Waals surface area contributed by atoms with E-state index in [1.807, 2.05) is 0 Å². The second-order valence-corrected chi connectivity index (χ2v) is 3.97. The molecule has 4 heteroatoms. The van der Waals surface area contributed by atoms with E-state index in [-0.39, 0.29) is 0 Å². The van der Waals surface area contributed by atoms with Gasteiger partial charge in [-0.05, 0) is 19.8 Å². The molecular weight excluding hydrogens is 176 g/mol. The van der Waals surface area contributed by atoms with Crippen molar-refractivity contribution >= 4 is 11.6 Å². The minimum atomic E-state index is 0.331. The van der Waals surface area contributed by atoms with Gasteiger partial charge in [0.2, 0.25) is 0 Å². The van der Waals surface area contributed by atoms with Crippen LogP contribution in [-0.4, -0.2) is 16.0 Å². The third-order valence-electron chi connectivity index (χ3n) is 1.92. The Morgan fingerprint density at radius 1 is 1.21 bits per heavy atom. The van der Waals surface area contributed by atoms with Crippen molar-refractivity contribution in [3.63, 3.8) is 0 Å². The zero-order valence-corrected chi connectivity index (χ0v) is 9.20. The maximum absolute atomic E-state index is 5.81. The molecule has 0 unspecified atom stereocenters. The van der Waals surface area contributed by atoms with Crippen LogP contribution in [0.3, 0.4) is 0 Å². The van der Waals surface area contributed by atoms with Gasteiger partial charge in [0, 0.05) is 11.6 Å². The average molecular weight is 194 g/mol. The van der Waals surface area contributed by atoms with Crippen LogP contribution in [0.5, 0.6) is 0 Å². The number of nitrogen functional groups attached to an aromatic ring is 1. The molecule has 0 aliphatic rings. The van der Waals surface area contributed by atoms with E-state index in [9.17, 15) is 0 Å². The molecule has 1 aromatic rings. The van der Waals surface area contributed by atoms with Gasteiger partial charge in [-0.1, -0.05) is 13.8 Å². The van der Waals surface area contributed by atoms with E-state index in [0.717, 1.165) is 11.4 Å². The summed E-state index contributed by atoms with van der Waals surface area (Å²) < 4.78 is 0. The topological polar surface area (TPSA) is 63.8 Å². The van der Waals surface area contributed by atoms with Gasteiger partial charge in [0.25, 0.3) is 0 Å². The number of hydrogen-bond acceptors (Lipinski definition) is 4. The summed E-state index contributed by atoms with van der Waals surface area (Å²) in [6, 6.07) is 0.349. The van der Waals surface area contributed by atoms with Gasteiger partial charge in [-0.15, -0.1) is 0 Å². The Labute approximate surface area is 85.0 Å². The molecule has 0 atom stereocenters. The number of rotatable bonds is 3. The number of aromatic nitrogens is 2. The van der Waals surface area contributed by atoms with E-state index in [1.165, 1.54) is 6.33 Å². The fourth-order valence-electron chi connectivity index (χ4n) is 1.37. The van der Waals surface area contributed by atoms with Crippen LogP contribution in [0.15, 0.2) is 6.33 Å². The molecule has 0 aliphatic carbocycles. The van der Waals surface area contributed by atoms with E-state index < -0.39 is 0 Å². The van der Waals surface area contributed by atoms with E-state index >= 15 is 0 Å². The molecule has 4 nitrogen and oxygen atoms in total. The maximum atomic E-state index is 5.81. The minimum Gasteiger partial charge on any atom is -0.383 e. The summed E-state index contributed by atoms with van der Waals surface area (Å²) >= 11 is 0. The molecule has 3 N–H and O–H groups in total. The first-order chi connectivity index (χ1) is 6.52. The molecule has 1 rings (SSSR count). The first kappa shape index (κ1) is 10.8. The highest BCUT2D eigenvalue weighted by Crippen LogP contribution is 2.26. The fraction of sp³-hybridized carbons (Fsp3) is 0.600. The lowest BCUT2D eigenvalue weighted by atomic mass is 10.0. The van der Waals surface area contributed by atoms with Gasteiger partial charge < -0.3 is 11.1 Å². The van der Waals surface area contributed by atoms with Crippen molar-refractivity contribution in [3.05, 3.63) is 11.9 Å². The molecule has 0 saturated heterocycles. The van der Waals surface area contributed by atoms with Gasteiger partial charge >= 0.3 is 0 Å². The first-order valence-corrected chi connectivity index (χ1v) is 4.89. The van der Waals surface area contributed by atoms with E-state index in [4.69, 9.17) is 5.73 Å². The molecule has 0 bridgehead atoms. The van der Waals surface area contributed by atoms with Gasteiger partial charge in [0.1, 0.15) is 18.0 Å². The van der Waals surface area contributed by atoms with E-state index in [0.29, 0.717) is 17.8 Å². The predicted octanol–water partition coefficient (Wildman–Crippen LogP) is 2.00. The summed E-state index contributed by atoms with van der Waals surface area (Å²) in [7, 11) is 0.